The number of aromatic nitrogens is 1. The van der Waals surface area contributed by atoms with Gasteiger partial charge in [-0.25, -0.2) is 4.98 Å². The number of rotatable bonds is 0. The van der Waals surface area contributed by atoms with Gasteiger partial charge in [0.1, 0.15) is 5.82 Å². The minimum atomic E-state index is -1.38. The topological polar surface area (TPSA) is 68.7 Å². The summed E-state index contributed by atoms with van der Waals surface area (Å²) >= 11 is 0. The second-order valence-corrected chi connectivity index (χ2v) is 11.9. The Morgan fingerprint density at radius 3 is 2.41 bits per heavy atom. The highest BCUT2D eigenvalue weighted by Gasteiger charge is 2.72. The molecule has 6 rings (SSSR count). The molecule has 1 spiro atoms. The van der Waals surface area contributed by atoms with Crippen LogP contribution in [0.25, 0.3) is 10.9 Å². The highest BCUT2D eigenvalue weighted by molar-refractivity contribution is 6.05. The predicted molar refractivity (Wildman–Crippen MR) is 120 cm³/mol. The van der Waals surface area contributed by atoms with Crippen LogP contribution < -0.4 is 4.90 Å². The number of benzene rings is 1. The van der Waals surface area contributed by atoms with Gasteiger partial charge in [0.2, 0.25) is 0 Å². The van der Waals surface area contributed by atoms with Crippen LogP contribution in [0.3, 0.4) is 0 Å². The Morgan fingerprint density at radius 2 is 1.69 bits per heavy atom. The molecule has 3 atom stereocenters. The largest absolute Gasteiger partial charge is 0.422 e. The highest BCUT2D eigenvalue weighted by Crippen LogP contribution is 2.64. The lowest BCUT2D eigenvalue weighted by Crippen LogP contribution is -2.67. The van der Waals surface area contributed by atoms with Gasteiger partial charge in [-0.05, 0) is 47.8 Å². The first-order valence-corrected chi connectivity index (χ1v) is 11.6. The van der Waals surface area contributed by atoms with Crippen molar-refractivity contribution in [3.05, 3.63) is 35.9 Å². The molecule has 4 heterocycles. The van der Waals surface area contributed by atoms with Gasteiger partial charge in [0.25, 0.3) is 5.79 Å². The van der Waals surface area contributed by atoms with Crippen molar-refractivity contribution >= 4 is 28.7 Å². The van der Waals surface area contributed by atoms with Crippen LogP contribution in [0.5, 0.6) is 0 Å². The normalized spacial score (nSPS) is 33.5. The van der Waals surface area contributed by atoms with E-state index in [4.69, 9.17) is 14.5 Å². The summed E-state index contributed by atoms with van der Waals surface area (Å²) in [5.41, 5.74) is 0.354. The molecule has 1 aromatic carbocycles. The molecule has 168 valence electrons. The summed E-state index contributed by atoms with van der Waals surface area (Å²) in [5.74, 6) is -1.26. The lowest BCUT2D eigenvalue weighted by atomic mass is 9.57. The van der Waals surface area contributed by atoms with Gasteiger partial charge in [0.05, 0.1) is 11.6 Å². The summed E-state index contributed by atoms with van der Waals surface area (Å²) < 4.78 is 11.5. The van der Waals surface area contributed by atoms with Gasteiger partial charge >= 0.3 is 11.9 Å². The Hall–Kier alpha value is -2.63. The Labute approximate surface area is 188 Å². The van der Waals surface area contributed by atoms with E-state index in [-0.39, 0.29) is 29.3 Å². The molecule has 1 saturated carbocycles. The number of cyclic esters (lactones) is 2. The monoisotopic (exact) mass is 434 g/mol. The molecule has 3 aliphatic heterocycles. The minimum absolute atomic E-state index is 0.106. The molecule has 0 N–H and O–H groups in total. The van der Waals surface area contributed by atoms with Crippen molar-refractivity contribution in [1.82, 2.24) is 4.98 Å². The van der Waals surface area contributed by atoms with Crippen molar-refractivity contribution in [3.63, 3.8) is 0 Å². The first kappa shape index (κ1) is 20.0. The van der Waals surface area contributed by atoms with Crippen LogP contribution >= 0.6 is 0 Å². The summed E-state index contributed by atoms with van der Waals surface area (Å²) in [6.07, 6.45) is 3.13. The second-order valence-electron chi connectivity index (χ2n) is 11.9. The van der Waals surface area contributed by atoms with E-state index in [0.29, 0.717) is 0 Å². The Morgan fingerprint density at radius 1 is 1.00 bits per heavy atom. The average Bonchev–Trinajstić information content (AvgIpc) is 2.90. The summed E-state index contributed by atoms with van der Waals surface area (Å²) in [5, 5.41) is 1.01. The maximum Gasteiger partial charge on any atom is 0.329 e. The number of pyridine rings is 1. The van der Waals surface area contributed by atoms with Crippen molar-refractivity contribution in [2.45, 2.75) is 78.2 Å². The van der Waals surface area contributed by atoms with Gasteiger partial charge in [-0.2, -0.15) is 0 Å². The van der Waals surface area contributed by atoms with E-state index in [1.54, 1.807) is 13.8 Å². The minimum Gasteiger partial charge on any atom is -0.422 e. The van der Waals surface area contributed by atoms with Gasteiger partial charge in [0, 0.05) is 31.7 Å². The van der Waals surface area contributed by atoms with Crippen LogP contribution in [-0.4, -0.2) is 34.8 Å². The van der Waals surface area contributed by atoms with Crippen molar-refractivity contribution in [2.75, 3.05) is 4.90 Å². The molecule has 2 bridgehead atoms. The van der Waals surface area contributed by atoms with Crippen LogP contribution in [0, 0.1) is 16.2 Å². The summed E-state index contributed by atoms with van der Waals surface area (Å²) in [6.45, 7) is 10.1. The molecular weight excluding hydrogens is 404 g/mol. The van der Waals surface area contributed by atoms with E-state index in [1.807, 2.05) is 24.3 Å². The van der Waals surface area contributed by atoms with Gasteiger partial charge < -0.3 is 14.4 Å². The molecule has 0 radical (unpaired) electrons. The Kier molecular flexibility index (Phi) is 3.65. The van der Waals surface area contributed by atoms with Crippen LogP contribution in [0.4, 0.5) is 5.82 Å². The molecule has 32 heavy (non-hydrogen) atoms. The van der Waals surface area contributed by atoms with Crippen LogP contribution in [0.2, 0.25) is 0 Å². The number of hydrogen-bond donors (Lipinski definition) is 0. The number of nitrogens with zero attached hydrogens (tertiary/aromatic N) is 2. The van der Waals surface area contributed by atoms with E-state index >= 15 is 0 Å². The molecule has 2 saturated heterocycles. The number of carbonyl (C=O) groups is 2. The highest BCUT2D eigenvalue weighted by atomic mass is 16.7. The summed E-state index contributed by atoms with van der Waals surface area (Å²) in [7, 11) is 0. The Balaban J connectivity index is 1.62. The zero-order valence-electron chi connectivity index (χ0n) is 19.4. The molecular formula is C26H30N2O4. The average molecular weight is 435 g/mol. The van der Waals surface area contributed by atoms with Crippen LogP contribution in [0.15, 0.2) is 30.3 Å². The molecule has 1 aliphatic carbocycles. The smallest absolute Gasteiger partial charge is 0.329 e. The van der Waals surface area contributed by atoms with E-state index < -0.39 is 23.1 Å². The molecule has 6 heteroatoms. The first-order valence-electron chi connectivity index (χ1n) is 11.6. The zero-order valence-corrected chi connectivity index (χ0v) is 19.4. The third kappa shape index (κ3) is 2.49. The number of para-hydroxylation sites is 1. The first-order chi connectivity index (χ1) is 14.9. The maximum atomic E-state index is 13.7. The third-order valence-corrected chi connectivity index (χ3v) is 8.07. The van der Waals surface area contributed by atoms with Crippen molar-refractivity contribution in [1.29, 1.82) is 0 Å². The fraction of sp³-hybridized carbons (Fsp3) is 0.577. The maximum absolute atomic E-state index is 13.7. The summed E-state index contributed by atoms with van der Waals surface area (Å²) in [6, 6.07) is 9.99. The standard InChI is InChI=1S/C26H30N2O4/c1-23(2)12-17-13-25(5,14-23)20-26(21(29)31-24(3,4)32-22(26)30)11-16-10-15-8-6-7-9-18(15)27-19(16)28(17)20/h6-10,17,20H,11-14H2,1-5H3/t17-,20+,25+/m1/s1. The number of fused-ring (bicyclic) bond motifs is 9. The molecule has 0 unspecified atom stereocenters. The van der Waals surface area contributed by atoms with E-state index in [2.05, 4.69) is 31.7 Å². The number of hydrogen-bond acceptors (Lipinski definition) is 6. The van der Waals surface area contributed by atoms with Crippen LogP contribution in [0.1, 0.15) is 59.4 Å². The SMILES string of the molecule is CC1(C)C[C@@H]2C[C@@](C)(C1)[C@@H]1N2c2nc3ccccc3cc2CC12C(=O)OC(C)(C)OC2=O. The lowest BCUT2D eigenvalue weighted by Gasteiger charge is -2.52. The quantitative estimate of drug-likeness (QED) is 0.453. The fourth-order valence-corrected chi connectivity index (χ4v) is 7.57. The Bertz CT molecular complexity index is 1170. The van der Waals surface area contributed by atoms with E-state index in [0.717, 1.165) is 41.5 Å². The van der Waals surface area contributed by atoms with Crippen molar-refractivity contribution in [3.8, 4) is 0 Å². The third-order valence-electron chi connectivity index (χ3n) is 8.07. The zero-order chi connectivity index (χ0) is 22.7. The van der Waals surface area contributed by atoms with Crippen molar-refractivity contribution < 1.29 is 19.1 Å². The second kappa shape index (κ2) is 5.83. The molecule has 3 fully saturated rings. The number of esters is 2. The molecule has 1 aromatic heterocycles. The predicted octanol–water partition coefficient (Wildman–Crippen LogP) is 4.39. The van der Waals surface area contributed by atoms with Gasteiger partial charge in [-0.3, -0.25) is 9.59 Å². The van der Waals surface area contributed by atoms with Gasteiger partial charge in [-0.15, -0.1) is 0 Å². The van der Waals surface area contributed by atoms with Crippen molar-refractivity contribution in [2.24, 2.45) is 16.2 Å². The van der Waals surface area contributed by atoms with Crippen LogP contribution in [-0.2, 0) is 25.5 Å². The van der Waals surface area contributed by atoms with E-state index in [1.165, 1.54) is 0 Å². The lowest BCUT2D eigenvalue weighted by molar-refractivity contribution is -0.255. The van der Waals surface area contributed by atoms with Gasteiger partial charge in [0.15, 0.2) is 5.41 Å². The number of ether oxygens (including phenoxy) is 2. The number of anilines is 1. The molecule has 2 aromatic rings. The summed E-state index contributed by atoms with van der Waals surface area (Å²) in [4.78, 5) is 34.9. The van der Waals surface area contributed by atoms with Gasteiger partial charge in [-0.1, -0.05) is 39.0 Å². The number of carbonyl (C=O) groups excluding carboxylic acids is 2. The molecule has 6 nitrogen and oxygen atoms in total. The van der Waals surface area contributed by atoms with E-state index in [9.17, 15) is 9.59 Å². The molecule has 0 amide bonds. The molecule has 4 aliphatic rings. The fourth-order valence-electron chi connectivity index (χ4n) is 7.57.